The van der Waals surface area contributed by atoms with Crippen molar-refractivity contribution in [2.24, 2.45) is 0 Å². The molecule has 1 aromatic rings. The van der Waals surface area contributed by atoms with Gasteiger partial charge in [-0.2, -0.15) is 0 Å². The fourth-order valence-corrected chi connectivity index (χ4v) is 3.02. The molecule has 0 atom stereocenters. The van der Waals surface area contributed by atoms with Crippen molar-refractivity contribution in [3.05, 3.63) is 18.0 Å². The molecule has 0 saturated carbocycles. The Labute approximate surface area is 123 Å². The van der Waals surface area contributed by atoms with E-state index in [1.807, 2.05) is 12.4 Å². The second-order valence-electron chi connectivity index (χ2n) is 5.63. The fourth-order valence-electron chi connectivity index (χ4n) is 3.02. The molecule has 1 aromatic heterocycles. The summed E-state index contributed by atoms with van der Waals surface area (Å²) < 4.78 is 0. The lowest BCUT2D eigenvalue weighted by atomic mass is 10.1. The molecule has 1 aliphatic rings. The van der Waals surface area contributed by atoms with Gasteiger partial charge in [-0.05, 0) is 24.8 Å². The highest BCUT2D eigenvalue weighted by Gasteiger charge is 2.22. The summed E-state index contributed by atoms with van der Waals surface area (Å²) in [6.07, 6.45) is 8.69. The van der Waals surface area contributed by atoms with Gasteiger partial charge in [0.05, 0.1) is 0 Å². The minimum absolute atomic E-state index is 0.741. The number of aromatic nitrogens is 2. The minimum Gasteiger partial charge on any atom is -0.338 e. The molecule has 112 valence electrons. The Hall–Kier alpha value is -1.16. The first-order valence-corrected chi connectivity index (χ1v) is 8.08. The minimum atomic E-state index is 0.741. The number of aryl methyl sites for hydroxylation is 1. The van der Waals surface area contributed by atoms with Gasteiger partial charge in [0.1, 0.15) is 0 Å². The van der Waals surface area contributed by atoms with Crippen LogP contribution < -0.4 is 4.90 Å². The third-order valence-corrected chi connectivity index (χ3v) is 4.29. The zero-order chi connectivity index (χ0) is 14.4. The topological polar surface area (TPSA) is 32.3 Å². The molecule has 0 spiro atoms. The van der Waals surface area contributed by atoms with E-state index < -0.39 is 0 Å². The molecule has 0 aromatic carbocycles. The molecular formula is C16H28N4. The molecule has 0 aliphatic carbocycles. The second-order valence-corrected chi connectivity index (χ2v) is 5.63. The van der Waals surface area contributed by atoms with E-state index in [9.17, 15) is 0 Å². The Morgan fingerprint density at radius 3 is 2.10 bits per heavy atom. The van der Waals surface area contributed by atoms with Gasteiger partial charge in [0.2, 0.25) is 5.95 Å². The average Bonchev–Trinajstić information content (AvgIpc) is 2.50. The predicted octanol–water partition coefficient (Wildman–Crippen LogP) is 2.74. The van der Waals surface area contributed by atoms with Gasteiger partial charge >= 0.3 is 0 Å². The van der Waals surface area contributed by atoms with Gasteiger partial charge in [-0.15, -0.1) is 0 Å². The first kappa shape index (κ1) is 15.2. The Bertz CT molecular complexity index is 378. The lowest BCUT2D eigenvalue weighted by molar-refractivity contribution is 0.175. The first-order chi connectivity index (χ1) is 9.78. The fraction of sp³-hybridized carbons (Fsp3) is 0.750. The second kappa shape index (κ2) is 7.58. The zero-order valence-electron chi connectivity index (χ0n) is 13.2. The number of piperazine rings is 1. The van der Waals surface area contributed by atoms with Crippen LogP contribution in [0.3, 0.4) is 0 Å². The predicted molar refractivity (Wildman–Crippen MR) is 84.2 cm³/mol. The van der Waals surface area contributed by atoms with E-state index >= 15 is 0 Å². The molecule has 0 bridgehead atoms. The SMILES string of the molecule is CCCc1cnc(N2CCN(C(CC)CC)CC2)nc1. The summed E-state index contributed by atoms with van der Waals surface area (Å²) in [5.41, 5.74) is 1.24. The molecule has 2 rings (SSSR count). The van der Waals surface area contributed by atoms with Crippen molar-refractivity contribution < 1.29 is 0 Å². The molecule has 0 unspecified atom stereocenters. The van der Waals surface area contributed by atoms with E-state index in [4.69, 9.17) is 0 Å². The molecule has 1 fully saturated rings. The van der Waals surface area contributed by atoms with Gasteiger partial charge in [-0.3, -0.25) is 4.90 Å². The lowest BCUT2D eigenvalue weighted by Crippen LogP contribution is -2.50. The maximum Gasteiger partial charge on any atom is 0.225 e. The third-order valence-electron chi connectivity index (χ3n) is 4.29. The first-order valence-electron chi connectivity index (χ1n) is 8.08. The summed E-state index contributed by atoms with van der Waals surface area (Å²) in [5, 5.41) is 0. The average molecular weight is 276 g/mol. The maximum absolute atomic E-state index is 4.53. The monoisotopic (exact) mass is 276 g/mol. The lowest BCUT2D eigenvalue weighted by Gasteiger charge is -2.38. The third kappa shape index (κ3) is 3.69. The van der Waals surface area contributed by atoms with Crippen LogP contribution in [-0.2, 0) is 6.42 Å². The number of hydrogen-bond acceptors (Lipinski definition) is 4. The largest absolute Gasteiger partial charge is 0.338 e. The molecule has 1 aliphatic heterocycles. The summed E-state index contributed by atoms with van der Waals surface area (Å²) >= 11 is 0. The number of hydrogen-bond donors (Lipinski definition) is 0. The van der Waals surface area contributed by atoms with Crippen molar-refractivity contribution in [1.29, 1.82) is 0 Å². The molecule has 0 radical (unpaired) electrons. The van der Waals surface area contributed by atoms with Crippen molar-refractivity contribution in [3.63, 3.8) is 0 Å². The normalized spacial score (nSPS) is 16.9. The van der Waals surface area contributed by atoms with Crippen LogP contribution in [0.25, 0.3) is 0 Å². The van der Waals surface area contributed by atoms with Crippen LogP contribution in [0.5, 0.6) is 0 Å². The highest BCUT2D eigenvalue weighted by atomic mass is 15.3. The molecule has 20 heavy (non-hydrogen) atoms. The summed E-state index contributed by atoms with van der Waals surface area (Å²) in [6.45, 7) is 11.1. The van der Waals surface area contributed by atoms with Crippen LogP contribution in [-0.4, -0.2) is 47.1 Å². The van der Waals surface area contributed by atoms with E-state index in [0.29, 0.717) is 0 Å². The van der Waals surface area contributed by atoms with Crippen LogP contribution in [0.4, 0.5) is 5.95 Å². The van der Waals surface area contributed by atoms with E-state index in [1.54, 1.807) is 0 Å². The molecule has 0 N–H and O–H groups in total. The summed E-state index contributed by atoms with van der Waals surface area (Å²) in [7, 11) is 0. The van der Waals surface area contributed by atoms with Crippen LogP contribution in [0.15, 0.2) is 12.4 Å². The Balaban J connectivity index is 1.90. The van der Waals surface area contributed by atoms with Crippen LogP contribution >= 0.6 is 0 Å². The molecule has 4 nitrogen and oxygen atoms in total. The zero-order valence-corrected chi connectivity index (χ0v) is 13.2. The van der Waals surface area contributed by atoms with Gasteiger partial charge in [-0.25, -0.2) is 9.97 Å². The number of nitrogens with zero attached hydrogens (tertiary/aromatic N) is 4. The van der Waals surface area contributed by atoms with Crippen molar-refractivity contribution >= 4 is 5.95 Å². The highest BCUT2D eigenvalue weighted by molar-refractivity contribution is 5.30. The number of rotatable bonds is 6. The molecule has 2 heterocycles. The van der Waals surface area contributed by atoms with Crippen molar-refractivity contribution in [3.8, 4) is 0 Å². The molecule has 0 amide bonds. The van der Waals surface area contributed by atoms with Crippen LogP contribution in [0, 0.1) is 0 Å². The van der Waals surface area contributed by atoms with Crippen molar-refractivity contribution in [1.82, 2.24) is 14.9 Å². The van der Waals surface area contributed by atoms with E-state index in [2.05, 4.69) is 40.5 Å². The van der Waals surface area contributed by atoms with Gasteiger partial charge in [-0.1, -0.05) is 27.2 Å². The maximum atomic E-state index is 4.53. The highest BCUT2D eigenvalue weighted by Crippen LogP contribution is 2.15. The van der Waals surface area contributed by atoms with Gasteiger partial charge < -0.3 is 4.90 Å². The summed E-state index contributed by atoms with van der Waals surface area (Å²) in [6, 6.07) is 0.741. The van der Waals surface area contributed by atoms with Crippen LogP contribution in [0.1, 0.15) is 45.6 Å². The summed E-state index contributed by atoms with van der Waals surface area (Å²) in [5.74, 6) is 0.897. The Morgan fingerprint density at radius 2 is 1.60 bits per heavy atom. The van der Waals surface area contributed by atoms with Crippen molar-refractivity contribution in [2.45, 2.75) is 52.5 Å². The smallest absolute Gasteiger partial charge is 0.225 e. The van der Waals surface area contributed by atoms with Crippen LogP contribution in [0.2, 0.25) is 0 Å². The molecule has 1 saturated heterocycles. The Kier molecular flexibility index (Phi) is 5.77. The van der Waals surface area contributed by atoms with E-state index in [0.717, 1.165) is 51.0 Å². The number of anilines is 1. The standard InChI is InChI=1S/C16H28N4/c1-4-7-14-12-17-16(18-13-14)20-10-8-19(9-11-20)15(5-2)6-3/h12-13,15H,4-11H2,1-3H3. The molecule has 4 heteroatoms. The summed E-state index contributed by atoms with van der Waals surface area (Å²) in [4.78, 5) is 14.0. The quantitative estimate of drug-likeness (QED) is 0.800. The van der Waals surface area contributed by atoms with Gasteiger partial charge in [0.15, 0.2) is 0 Å². The van der Waals surface area contributed by atoms with Gasteiger partial charge in [0.25, 0.3) is 0 Å². The van der Waals surface area contributed by atoms with E-state index in [-0.39, 0.29) is 0 Å². The Morgan fingerprint density at radius 1 is 1.00 bits per heavy atom. The molecular weight excluding hydrogens is 248 g/mol. The van der Waals surface area contributed by atoms with Gasteiger partial charge in [0, 0.05) is 44.6 Å². The van der Waals surface area contributed by atoms with Crippen molar-refractivity contribution in [2.75, 3.05) is 31.1 Å². The van der Waals surface area contributed by atoms with E-state index in [1.165, 1.54) is 18.4 Å².